The number of hydrogen-bond acceptors (Lipinski definition) is 5. The fourth-order valence-corrected chi connectivity index (χ4v) is 2.72. The van der Waals surface area contributed by atoms with Crippen molar-refractivity contribution >= 4 is 17.5 Å². The van der Waals surface area contributed by atoms with E-state index >= 15 is 0 Å². The van der Waals surface area contributed by atoms with Crippen LogP contribution < -0.4 is 19.7 Å². The van der Waals surface area contributed by atoms with Gasteiger partial charge in [0.1, 0.15) is 6.61 Å². The molecule has 7 heteroatoms. The average molecular weight is 320 g/mol. The Bertz CT molecular complexity index is 604. The summed E-state index contributed by atoms with van der Waals surface area (Å²) in [6, 6.07) is 5.47. The first-order chi connectivity index (χ1) is 11.2. The molecular formula is C16H20N2O5. The molecule has 2 amide bonds. The van der Waals surface area contributed by atoms with Crippen LogP contribution in [0.25, 0.3) is 0 Å². The lowest BCUT2D eigenvalue weighted by molar-refractivity contribution is -0.125. The molecule has 1 aromatic rings. The Morgan fingerprint density at radius 1 is 1.39 bits per heavy atom. The van der Waals surface area contributed by atoms with Crippen molar-refractivity contribution in [2.75, 3.05) is 38.0 Å². The Kier molecular flexibility index (Phi) is 4.66. The zero-order chi connectivity index (χ0) is 16.2. The van der Waals surface area contributed by atoms with Crippen LogP contribution in [0, 0.1) is 5.92 Å². The monoisotopic (exact) mass is 320 g/mol. The first-order valence-electron chi connectivity index (χ1n) is 7.72. The topological polar surface area (TPSA) is 77.1 Å². The maximum atomic E-state index is 12.2. The van der Waals surface area contributed by atoms with Crippen LogP contribution in [-0.4, -0.2) is 44.9 Å². The number of rotatable bonds is 6. The molecule has 23 heavy (non-hydrogen) atoms. The van der Waals surface area contributed by atoms with E-state index in [1.165, 1.54) is 0 Å². The lowest BCUT2D eigenvalue weighted by Crippen LogP contribution is -2.33. The molecule has 0 radical (unpaired) electrons. The van der Waals surface area contributed by atoms with Gasteiger partial charge in [-0.2, -0.15) is 0 Å². The Labute approximate surface area is 134 Å². The molecule has 1 fully saturated rings. The molecule has 1 aromatic carbocycles. The van der Waals surface area contributed by atoms with Crippen molar-refractivity contribution in [1.82, 2.24) is 5.32 Å². The zero-order valence-corrected chi connectivity index (χ0v) is 13.0. The maximum absolute atomic E-state index is 12.2. The fraction of sp³-hybridized carbons (Fsp3) is 0.500. The van der Waals surface area contributed by atoms with Gasteiger partial charge in [-0.3, -0.25) is 9.59 Å². The van der Waals surface area contributed by atoms with Gasteiger partial charge >= 0.3 is 0 Å². The van der Waals surface area contributed by atoms with E-state index in [-0.39, 0.29) is 31.1 Å². The minimum Gasteiger partial charge on any atom is -0.454 e. The van der Waals surface area contributed by atoms with Gasteiger partial charge in [-0.25, -0.2) is 0 Å². The highest BCUT2D eigenvalue weighted by Crippen LogP contribution is 2.37. The molecule has 1 saturated heterocycles. The lowest BCUT2D eigenvalue weighted by Gasteiger charge is -2.17. The smallest absolute Gasteiger partial charge is 0.246 e. The molecule has 0 aliphatic carbocycles. The number of carbonyl (C=O) groups is 2. The fourth-order valence-electron chi connectivity index (χ4n) is 2.72. The van der Waals surface area contributed by atoms with Crippen molar-refractivity contribution in [2.24, 2.45) is 5.92 Å². The second-order valence-electron chi connectivity index (χ2n) is 5.55. The minimum absolute atomic E-state index is 0.0490. The van der Waals surface area contributed by atoms with E-state index in [0.717, 1.165) is 5.69 Å². The second-order valence-corrected chi connectivity index (χ2v) is 5.55. The summed E-state index contributed by atoms with van der Waals surface area (Å²) in [5.41, 5.74) is 0.794. The first-order valence-corrected chi connectivity index (χ1v) is 7.72. The second kappa shape index (κ2) is 6.87. The van der Waals surface area contributed by atoms with Gasteiger partial charge in [0.05, 0.1) is 0 Å². The van der Waals surface area contributed by atoms with Crippen molar-refractivity contribution < 1.29 is 23.8 Å². The highest BCUT2D eigenvalue weighted by molar-refractivity contribution is 5.96. The van der Waals surface area contributed by atoms with Gasteiger partial charge in [-0.05, 0) is 19.1 Å². The van der Waals surface area contributed by atoms with Crippen LogP contribution in [0.3, 0.4) is 0 Å². The summed E-state index contributed by atoms with van der Waals surface area (Å²) in [6.45, 7) is 3.66. The maximum Gasteiger partial charge on any atom is 0.246 e. The van der Waals surface area contributed by atoms with E-state index in [1.54, 1.807) is 4.90 Å². The van der Waals surface area contributed by atoms with Crippen molar-refractivity contribution in [2.45, 2.75) is 13.3 Å². The molecule has 2 aliphatic heterocycles. The molecule has 0 aromatic heterocycles. The van der Waals surface area contributed by atoms with Crippen LogP contribution in [0.4, 0.5) is 5.69 Å². The average Bonchev–Trinajstić information content (AvgIpc) is 3.16. The third kappa shape index (κ3) is 3.56. The van der Waals surface area contributed by atoms with Crippen molar-refractivity contribution in [3.8, 4) is 11.5 Å². The number of fused-ring (bicyclic) bond motifs is 1. The van der Waals surface area contributed by atoms with Crippen LogP contribution in [0.5, 0.6) is 11.5 Å². The molecule has 2 heterocycles. The van der Waals surface area contributed by atoms with Gasteiger partial charge in [0.2, 0.25) is 18.6 Å². The number of anilines is 1. The molecule has 1 unspecified atom stereocenters. The SMILES string of the molecule is CCOCC(=O)NCC1CC(=O)N(c2ccc3c(c2)OCO3)C1. The van der Waals surface area contributed by atoms with E-state index in [4.69, 9.17) is 14.2 Å². The number of amides is 2. The number of hydrogen-bond donors (Lipinski definition) is 1. The Morgan fingerprint density at radius 2 is 2.22 bits per heavy atom. The van der Waals surface area contributed by atoms with Gasteiger partial charge in [-0.15, -0.1) is 0 Å². The quantitative estimate of drug-likeness (QED) is 0.843. The molecule has 1 atom stereocenters. The summed E-state index contributed by atoms with van der Waals surface area (Å²) in [4.78, 5) is 25.5. The van der Waals surface area contributed by atoms with Gasteiger partial charge in [0.25, 0.3) is 0 Å². The molecular weight excluding hydrogens is 300 g/mol. The number of nitrogens with zero attached hydrogens (tertiary/aromatic N) is 1. The largest absolute Gasteiger partial charge is 0.454 e. The summed E-state index contributed by atoms with van der Waals surface area (Å²) in [5.74, 6) is 1.34. The predicted molar refractivity (Wildman–Crippen MR) is 82.5 cm³/mol. The highest BCUT2D eigenvalue weighted by atomic mass is 16.7. The van der Waals surface area contributed by atoms with E-state index in [0.29, 0.717) is 37.6 Å². The number of nitrogens with one attached hydrogen (secondary N) is 1. The standard InChI is InChI=1S/C16H20N2O5/c1-2-21-9-15(19)17-7-11-5-16(20)18(8-11)12-3-4-13-14(6-12)23-10-22-13/h3-4,6,11H,2,5,7-10H2,1H3,(H,17,19). The first kappa shape index (κ1) is 15.6. The molecule has 7 nitrogen and oxygen atoms in total. The molecule has 1 N–H and O–H groups in total. The van der Waals surface area contributed by atoms with Crippen LogP contribution in [-0.2, 0) is 14.3 Å². The Morgan fingerprint density at radius 3 is 3.04 bits per heavy atom. The molecule has 2 aliphatic rings. The van der Waals surface area contributed by atoms with Crippen molar-refractivity contribution in [3.63, 3.8) is 0 Å². The highest BCUT2D eigenvalue weighted by Gasteiger charge is 2.31. The van der Waals surface area contributed by atoms with Crippen LogP contribution in [0.15, 0.2) is 18.2 Å². The van der Waals surface area contributed by atoms with Gasteiger partial charge in [-0.1, -0.05) is 0 Å². The van der Waals surface area contributed by atoms with Gasteiger partial charge in [0.15, 0.2) is 11.5 Å². The molecule has 3 rings (SSSR count). The van der Waals surface area contributed by atoms with E-state index in [9.17, 15) is 9.59 Å². The van der Waals surface area contributed by atoms with Crippen LogP contribution in [0.1, 0.15) is 13.3 Å². The number of carbonyl (C=O) groups excluding carboxylic acids is 2. The van der Waals surface area contributed by atoms with E-state index in [2.05, 4.69) is 5.32 Å². The summed E-state index contributed by atoms with van der Waals surface area (Å²) in [5, 5.41) is 2.81. The molecule has 0 saturated carbocycles. The number of ether oxygens (including phenoxy) is 3. The normalized spacial score (nSPS) is 19.3. The van der Waals surface area contributed by atoms with Crippen molar-refractivity contribution in [1.29, 1.82) is 0 Å². The Balaban J connectivity index is 1.56. The minimum atomic E-state index is -0.152. The van der Waals surface area contributed by atoms with Gasteiger partial charge < -0.3 is 24.4 Å². The van der Waals surface area contributed by atoms with E-state index in [1.807, 2.05) is 25.1 Å². The zero-order valence-electron chi connectivity index (χ0n) is 13.0. The lowest BCUT2D eigenvalue weighted by atomic mass is 10.1. The summed E-state index contributed by atoms with van der Waals surface area (Å²) >= 11 is 0. The number of benzene rings is 1. The third-order valence-electron chi connectivity index (χ3n) is 3.90. The van der Waals surface area contributed by atoms with Crippen LogP contribution in [0.2, 0.25) is 0 Å². The predicted octanol–water partition coefficient (Wildman–Crippen LogP) is 0.921. The summed E-state index contributed by atoms with van der Waals surface area (Å²) < 4.78 is 15.7. The molecule has 0 bridgehead atoms. The Hall–Kier alpha value is -2.28. The third-order valence-corrected chi connectivity index (χ3v) is 3.90. The summed E-state index contributed by atoms with van der Waals surface area (Å²) in [6.07, 6.45) is 0.420. The molecule has 0 spiro atoms. The molecule has 124 valence electrons. The van der Waals surface area contributed by atoms with Crippen LogP contribution >= 0.6 is 0 Å². The van der Waals surface area contributed by atoms with Gasteiger partial charge in [0, 0.05) is 43.8 Å². The van der Waals surface area contributed by atoms with E-state index < -0.39 is 0 Å². The summed E-state index contributed by atoms with van der Waals surface area (Å²) in [7, 11) is 0. The van der Waals surface area contributed by atoms with Crippen molar-refractivity contribution in [3.05, 3.63) is 18.2 Å².